The Bertz CT molecular complexity index is 814. The van der Waals surface area contributed by atoms with E-state index in [0.29, 0.717) is 5.71 Å². The number of carbonyl (C=O) groups excluding carboxylic acids is 2. The van der Waals surface area contributed by atoms with Crippen LogP contribution >= 0.6 is 0 Å². The Hall–Kier alpha value is -2.95. The van der Waals surface area contributed by atoms with E-state index < -0.39 is 17.9 Å². The van der Waals surface area contributed by atoms with Crippen LogP contribution in [0.5, 0.6) is 0 Å². The lowest BCUT2D eigenvalue weighted by Gasteiger charge is -2.22. The van der Waals surface area contributed by atoms with Crippen molar-refractivity contribution in [3.8, 4) is 0 Å². The van der Waals surface area contributed by atoms with Crippen molar-refractivity contribution in [2.75, 3.05) is 11.9 Å². The molecule has 0 aromatic heterocycles. The molecular weight excluding hydrogens is 302 g/mol. The molecule has 2 atom stereocenters. The number of anilines is 1. The van der Waals surface area contributed by atoms with Crippen LogP contribution in [0.4, 0.5) is 5.69 Å². The SMILES string of the molecule is CC(C(N)=O)[C@@H]1N=C(c2ccccc2)c2ccccc2N(C)C1=O. The maximum atomic E-state index is 12.8. The first-order valence-electron chi connectivity index (χ1n) is 7.80. The van der Waals surface area contributed by atoms with Crippen molar-refractivity contribution in [3.63, 3.8) is 0 Å². The van der Waals surface area contributed by atoms with Crippen LogP contribution in [-0.2, 0) is 9.59 Å². The van der Waals surface area contributed by atoms with Crippen molar-refractivity contribution in [1.82, 2.24) is 0 Å². The summed E-state index contributed by atoms with van der Waals surface area (Å²) in [6.45, 7) is 1.64. The Labute approximate surface area is 140 Å². The summed E-state index contributed by atoms with van der Waals surface area (Å²) in [7, 11) is 1.70. The predicted octanol–water partition coefficient (Wildman–Crippen LogP) is 1.99. The molecule has 0 spiro atoms. The molecule has 5 heteroatoms. The van der Waals surface area contributed by atoms with Gasteiger partial charge in [0.15, 0.2) is 0 Å². The van der Waals surface area contributed by atoms with Crippen LogP contribution in [-0.4, -0.2) is 30.6 Å². The smallest absolute Gasteiger partial charge is 0.252 e. The number of nitrogens with two attached hydrogens (primary N) is 1. The minimum atomic E-state index is -0.838. The maximum Gasteiger partial charge on any atom is 0.252 e. The van der Waals surface area contributed by atoms with Crippen LogP contribution in [0.2, 0.25) is 0 Å². The zero-order chi connectivity index (χ0) is 17.3. The van der Waals surface area contributed by atoms with Crippen LogP contribution in [0.15, 0.2) is 59.6 Å². The first-order chi connectivity index (χ1) is 11.5. The molecule has 1 aliphatic rings. The Balaban J connectivity index is 2.24. The summed E-state index contributed by atoms with van der Waals surface area (Å²) in [6.07, 6.45) is 0. The molecule has 1 aliphatic heterocycles. The van der Waals surface area contributed by atoms with Gasteiger partial charge in [-0.2, -0.15) is 0 Å². The van der Waals surface area contributed by atoms with Gasteiger partial charge in [-0.1, -0.05) is 55.5 Å². The molecule has 1 unspecified atom stereocenters. The number of rotatable bonds is 3. The van der Waals surface area contributed by atoms with Crippen LogP contribution in [0.1, 0.15) is 18.1 Å². The summed E-state index contributed by atoms with van der Waals surface area (Å²) in [4.78, 5) is 30.7. The molecule has 0 aliphatic carbocycles. The van der Waals surface area contributed by atoms with E-state index >= 15 is 0 Å². The van der Waals surface area contributed by atoms with Gasteiger partial charge in [0.05, 0.1) is 17.3 Å². The highest BCUT2D eigenvalue weighted by Crippen LogP contribution is 2.29. The quantitative estimate of drug-likeness (QED) is 0.938. The van der Waals surface area contributed by atoms with E-state index in [1.165, 1.54) is 0 Å². The number of amides is 2. The lowest BCUT2D eigenvalue weighted by atomic mass is 9.99. The Kier molecular flexibility index (Phi) is 4.16. The second kappa shape index (κ2) is 6.28. The second-order valence-corrected chi connectivity index (χ2v) is 5.89. The highest BCUT2D eigenvalue weighted by molar-refractivity contribution is 6.20. The first kappa shape index (κ1) is 15.9. The largest absolute Gasteiger partial charge is 0.369 e. The van der Waals surface area contributed by atoms with E-state index in [1.54, 1.807) is 18.9 Å². The zero-order valence-corrected chi connectivity index (χ0v) is 13.6. The van der Waals surface area contributed by atoms with Gasteiger partial charge in [0.25, 0.3) is 5.91 Å². The van der Waals surface area contributed by atoms with Crippen LogP contribution in [0.3, 0.4) is 0 Å². The number of benzene rings is 2. The van der Waals surface area contributed by atoms with E-state index in [9.17, 15) is 9.59 Å². The predicted molar refractivity (Wildman–Crippen MR) is 94.1 cm³/mol. The van der Waals surface area contributed by atoms with Crippen molar-refractivity contribution in [3.05, 3.63) is 65.7 Å². The molecule has 0 fully saturated rings. The minimum absolute atomic E-state index is 0.236. The molecule has 2 amide bonds. The number of hydrogen-bond acceptors (Lipinski definition) is 3. The molecule has 122 valence electrons. The lowest BCUT2D eigenvalue weighted by molar-refractivity contribution is -0.127. The van der Waals surface area contributed by atoms with Crippen molar-refractivity contribution in [2.45, 2.75) is 13.0 Å². The lowest BCUT2D eigenvalue weighted by Crippen LogP contribution is -2.42. The Morgan fingerprint density at radius 1 is 1.12 bits per heavy atom. The van der Waals surface area contributed by atoms with Crippen LogP contribution in [0, 0.1) is 5.92 Å². The minimum Gasteiger partial charge on any atom is -0.369 e. The van der Waals surface area contributed by atoms with Gasteiger partial charge in [0.2, 0.25) is 5.91 Å². The van der Waals surface area contributed by atoms with Gasteiger partial charge >= 0.3 is 0 Å². The number of hydrogen-bond donors (Lipinski definition) is 1. The van der Waals surface area contributed by atoms with Gasteiger partial charge < -0.3 is 10.6 Å². The fourth-order valence-corrected chi connectivity index (χ4v) is 2.85. The number of benzodiazepines with no additional fused rings is 1. The van der Waals surface area contributed by atoms with Crippen molar-refractivity contribution < 1.29 is 9.59 Å². The van der Waals surface area contributed by atoms with Crippen molar-refractivity contribution in [1.29, 1.82) is 0 Å². The molecule has 2 aromatic carbocycles. The van der Waals surface area contributed by atoms with Crippen molar-refractivity contribution in [2.24, 2.45) is 16.6 Å². The van der Waals surface area contributed by atoms with E-state index in [-0.39, 0.29) is 5.91 Å². The third kappa shape index (κ3) is 2.69. The molecule has 2 N–H and O–H groups in total. The van der Waals surface area contributed by atoms with Gasteiger partial charge in [0.1, 0.15) is 6.04 Å². The molecule has 24 heavy (non-hydrogen) atoms. The standard InChI is InChI=1S/C19H19N3O2/c1-12(18(20)23)16-19(24)22(2)15-11-7-6-10-14(15)17(21-16)13-8-4-3-5-9-13/h3-12,16H,1-2H3,(H2,20,23)/t12?,16-/m0/s1. The normalized spacial score (nSPS) is 18.4. The molecule has 1 heterocycles. The molecule has 5 nitrogen and oxygen atoms in total. The summed E-state index contributed by atoms with van der Waals surface area (Å²) in [6, 6.07) is 16.4. The molecule has 3 rings (SSSR count). The van der Waals surface area contributed by atoms with Crippen molar-refractivity contribution >= 4 is 23.2 Å². The first-order valence-corrected chi connectivity index (χ1v) is 7.80. The van der Waals surface area contributed by atoms with E-state index in [1.807, 2.05) is 54.6 Å². The fraction of sp³-hybridized carbons (Fsp3) is 0.211. The Morgan fingerprint density at radius 2 is 1.75 bits per heavy atom. The highest BCUT2D eigenvalue weighted by Gasteiger charge is 2.35. The third-order valence-electron chi connectivity index (χ3n) is 4.34. The highest BCUT2D eigenvalue weighted by atomic mass is 16.2. The van der Waals surface area contributed by atoms with E-state index in [2.05, 4.69) is 4.99 Å². The van der Waals surface area contributed by atoms with E-state index in [0.717, 1.165) is 16.8 Å². The van der Waals surface area contributed by atoms with Gasteiger partial charge in [0, 0.05) is 18.2 Å². The Morgan fingerprint density at radius 3 is 2.42 bits per heavy atom. The summed E-state index contributed by atoms with van der Waals surface area (Å²) < 4.78 is 0. The van der Waals surface area contributed by atoms with Gasteiger partial charge in [-0.05, 0) is 6.07 Å². The molecule has 0 bridgehead atoms. The second-order valence-electron chi connectivity index (χ2n) is 5.89. The van der Waals surface area contributed by atoms with Gasteiger partial charge in [-0.25, -0.2) is 0 Å². The number of aliphatic imine (C=N–C) groups is 1. The number of primary amides is 1. The van der Waals surface area contributed by atoms with Crippen LogP contribution in [0.25, 0.3) is 0 Å². The molecular formula is C19H19N3O2. The monoisotopic (exact) mass is 321 g/mol. The average Bonchev–Trinajstić information content (AvgIpc) is 2.71. The number of nitrogens with zero attached hydrogens (tertiary/aromatic N) is 2. The summed E-state index contributed by atoms with van der Waals surface area (Å²) in [5.41, 5.74) is 8.66. The number of likely N-dealkylation sites (N-methyl/N-ethyl adjacent to an activating group) is 1. The average molecular weight is 321 g/mol. The topological polar surface area (TPSA) is 75.8 Å². The zero-order valence-electron chi connectivity index (χ0n) is 13.6. The summed E-state index contributed by atoms with van der Waals surface area (Å²) in [5, 5.41) is 0. The number of fused-ring (bicyclic) bond motifs is 1. The summed E-state index contributed by atoms with van der Waals surface area (Å²) >= 11 is 0. The van der Waals surface area contributed by atoms with E-state index in [4.69, 9.17) is 5.73 Å². The molecule has 0 saturated heterocycles. The maximum absolute atomic E-state index is 12.8. The fourth-order valence-electron chi connectivity index (χ4n) is 2.85. The van der Waals surface area contributed by atoms with Gasteiger partial charge in [-0.15, -0.1) is 0 Å². The van der Waals surface area contributed by atoms with Crippen LogP contribution < -0.4 is 10.6 Å². The number of para-hydroxylation sites is 1. The molecule has 2 aromatic rings. The molecule has 0 saturated carbocycles. The molecule has 0 radical (unpaired) electrons. The summed E-state index contributed by atoms with van der Waals surface area (Å²) in [5.74, 6) is -1.46. The number of carbonyl (C=O) groups is 2. The third-order valence-corrected chi connectivity index (χ3v) is 4.34. The van der Waals surface area contributed by atoms with Gasteiger partial charge in [-0.3, -0.25) is 14.6 Å².